The number of aliphatic hydroxyl groups is 2. The molecular formula is C44H65N15O12. The van der Waals surface area contributed by atoms with E-state index in [4.69, 9.17) is 17.2 Å². The zero-order chi connectivity index (χ0) is 52.2. The third kappa shape index (κ3) is 17.1. The van der Waals surface area contributed by atoms with E-state index in [-0.39, 0.29) is 63.3 Å². The van der Waals surface area contributed by atoms with Crippen LogP contribution in [0.2, 0.25) is 0 Å². The van der Waals surface area contributed by atoms with Gasteiger partial charge in [0.1, 0.15) is 54.1 Å². The van der Waals surface area contributed by atoms with Crippen LogP contribution in [0.15, 0.2) is 54.3 Å². The van der Waals surface area contributed by atoms with Crippen molar-refractivity contribution in [2.45, 2.75) is 114 Å². The van der Waals surface area contributed by atoms with Crippen LogP contribution in [0.5, 0.6) is 5.75 Å². The van der Waals surface area contributed by atoms with Crippen LogP contribution in [0.4, 0.5) is 0 Å². The average Bonchev–Trinajstić information content (AvgIpc) is 4.17. The first-order valence-corrected chi connectivity index (χ1v) is 23.0. The molecule has 1 aliphatic rings. The number of carbonyl (C=O) groups is 8. The summed E-state index contributed by atoms with van der Waals surface area (Å²) < 4.78 is 0. The Morgan fingerprint density at radius 1 is 0.746 bits per heavy atom. The van der Waals surface area contributed by atoms with E-state index >= 15 is 0 Å². The van der Waals surface area contributed by atoms with Gasteiger partial charge in [-0.15, -0.1) is 0 Å². The Morgan fingerprint density at radius 2 is 1.27 bits per heavy atom. The van der Waals surface area contributed by atoms with Crippen LogP contribution in [-0.2, 0) is 57.6 Å². The molecule has 0 spiro atoms. The van der Waals surface area contributed by atoms with Crippen LogP contribution in [0.25, 0.3) is 0 Å². The number of H-pyrrole nitrogens is 2. The monoisotopic (exact) mass is 995 g/mol. The SMILES string of the molecule is CC[C@H](C)[C@H](NC(=O)[C@H](Cc1cnc[nH]1)NC(=O)[C@H](CCCN=C(N)N)NC(=O)[C@H](Cc1ccc(O)cc1)NC(=O)[C@H](Cc1cnc[nH]1)NC(=O)[C@@H](N)CO)C(=O)N[C@@H](CO)C(=O)N1CCC[C@H]1C(=O)O. The summed E-state index contributed by atoms with van der Waals surface area (Å²) >= 11 is 0. The fourth-order valence-corrected chi connectivity index (χ4v) is 7.57. The lowest BCUT2D eigenvalue weighted by atomic mass is 9.97. The Hall–Kier alpha value is -7.65. The second-order valence-corrected chi connectivity index (χ2v) is 17.1. The molecule has 7 amide bonds. The molecule has 0 radical (unpaired) electrons. The number of aliphatic imine (C=N–C) groups is 1. The first-order chi connectivity index (χ1) is 33.8. The maximum Gasteiger partial charge on any atom is 0.326 e. The second-order valence-electron chi connectivity index (χ2n) is 17.1. The van der Waals surface area contributed by atoms with Gasteiger partial charge in [0.25, 0.3) is 0 Å². The molecule has 71 heavy (non-hydrogen) atoms. The third-order valence-corrected chi connectivity index (χ3v) is 11.8. The van der Waals surface area contributed by atoms with Crippen LogP contribution in [-0.4, -0.2) is 173 Å². The van der Waals surface area contributed by atoms with Crippen molar-refractivity contribution in [1.82, 2.24) is 56.7 Å². The maximum absolute atomic E-state index is 14.4. The van der Waals surface area contributed by atoms with E-state index in [1.807, 2.05) is 0 Å². The number of nitrogens with one attached hydrogen (secondary N) is 8. The topological polar surface area (TPSA) is 441 Å². The maximum atomic E-state index is 14.4. The normalized spacial score (nSPS) is 16.6. The number of likely N-dealkylation sites (tertiary alicyclic amines) is 1. The Morgan fingerprint density at radius 3 is 1.77 bits per heavy atom. The summed E-state index contributed by atoms with van der Waals surface area (Å²) in [5, 5.41) is 54.8. The van der Waals surface area contributed by atoms with Gasteiger partial charge in [-0.05, 0) is 49.3 Å². The summed E-state index contributed by atoms with van der Waals surface area (Å²) in [4.78, 5) is 128. The van der Waals surface area contributed by atoms with E-state index in [0.29, 0.717) is 29.8 Å². The smallest absolute Gasteiger partial charge is 0.326 e. The number of carboxylic acids is 1. The van der Waals surface area contributed by atoms with Gasteiger partial charge in [-0.25, -0.2) is 14.8 Å². The highest BCUT2D eigenvalue weighted by atomic mass is 16.4. The number of aliphatic carboxylic acids is 1. The number of aromatic hydroxyl groups is 1. The molecule has 18 N–H and O–H groups in total. The molecule has 0 saturated carbocycles. The highest BCUT2D eigenvalue weighted by Gasteiger charge is 2.40. The van der Waals surface area contributed by atoms with Gasteiger partial charge in [0.15, 0.2) is 5.96 Å². The summed E-state index contributed by atoms with van der Waals surface area (Å²) in [5.74, 6) is -8.22. The number of nitrogens with two attached hydrogens (primary N) is 3. The number of aliphatic hydroxyl groups excluding tert-OH is 2. The van der Waals surface area contributed by atoms with Crippen molar-refractivity contribution in [2.24, 2.45) is 28.1 Å². The summed E-state index contributed by atoms with van der Waals surface area (Å²) in [6, 6.07) is -5.40. The van der Waals surface area contributed by atoms with Crippen molar-refractivity contribution in [3.63, 3.8) is 0 Å². The number of hydrogen-bond donors (Lipinski definition) is 15. The largest absolute Gasteiger partial charge is 0.508 e. The predicted molar refractivity (Wildman–Crippen MR) is 252 cm³/mol. The van der Waals surface area contributed by atoms with Gasteiger partial charge in [0.2, 0.25) is 41.4 Å². The number of imidazole rings is 2. The molecule has 0 unspecified atom stereocenters. The first kappa shape index (κ1) is 55.9. The molecule has 388 valence electrons. The van der Waals surface area contributed by atoms with E-state index < -0.39 is 115 Å². The molecule has 0 aliphatic carbocycles. The quantitative estimate of drug-likeness (QED) is 0.0185. The number of aromatic nitrogens is 4. The first-order valence-electron chi connectivity index (χ1n) is 23.0. The van der Waals surface area contributed by atoms with Crippen LogP contribution >= 0.6 is 0 Å². The van der Waals surface area contributed by atoms with E-state index in [1.165, 1.54) is 49.3 Å². The molecule has 1 aromatic carbocycles. The Labute approximate surface area is 408 Å². The Kier molecular flexibility index (Phi) is 21.7. The van der Waals surface area contributed by atoms with Gasteiger partial charge < -0.3 is 84.4 Å². The summed E-state index contributed by atoms with van der Waals surface area (Å²) in [7, 11) is 0. The van der Waals surface area contributed by atoms with Gasteiger partial charge in [0, 0.05) is 56.1 Å². The average molecular weight is 996 g/mol. The number of benzene rings is 1. The number of carboxylic acid groups (broad SMARTS) is 1. The molecule has 3 heterocycles. The summed E-state index contributed by atoms with van der Waals surface area (Å²) in [5.41, 5.74) is 18.0. The predicted octanol–water partition coefficient (Wildman–Crippen LogP) is -4.74. The summed E-state index contributed by atoms with van der Waals surface area (Å²) in [6.07, 6.45) is 5.84. The number of rotatable bonds is 28. The number of nitrogens with zero attached hydrogens (tertiary/aromatic N) is 4. The van der Waals surface area contributed by atoms with E-state index in [1.54, 1.807) is 13.8 Å². The van der Waals surface area contributed by atoms with Gasteiger partial charge in [-0.2, -0.15) is 0 Å². The molecule has 9 atom stereocenters. The van der Waals surface area contributed by atoms with Crippen molar-refractivity contribution < 1.29 is 58.8 Å². The highest BCUT2D eigenvalue weighted by Crippen LogP contribution is 2.19. The minimum absolute atomic E-state index is 0.0103. The molecule has 27 nitrogen and oxygen atoms in total. The lowest BCUT2D eigenvalue weighted by Crippen LogP contribution is -2.61. The fraction of sp³-hybridized carbons (Fsp3) is 0.523. The lowest BCUT2D eigenvalue weighted by Gasteiger charge is -2.30. The Bertz CT molecular complexity index is 2280. The van der Waals surface area contributed by atoms with Crippen LogP contribution in [0.1, 0.15) is 62.9 Å². The minimum Gasteiger partial charge on any atom is -0.508 e. The number of guanidine groups is 1. The molecule has 2 aromatic heterocycles. The number of amides is 7. The minimum atomic E-state index is -1.54. The van der Waals surface area contributed by atoms with Crippen molar-refractivity contribution in [2.75, 3.05) is 26.3 Å². The molecule has 1 aliphatic heterocycles. The van der Waals surface area contributed by atoms with Crippen molar-refractivity contribution in [3.8, 4) is 5.75 Å². The molecule has 0 bridgehead atoms. The van der Waals surface area contributed by atoms with E-state index in [2.05, 4.69) is 56.8 Å². The van der Waals surface area contributed by atoms with Crippen LogP contribution in [0.3, 0.4) is 0 Å². The van der Waals surface area contributed by atoms with Crippen molar-refractivity contribution >= 4 is 53.3 Å². The van der Waals surface area contributed by atoms with Crippen molar-refractivity contribution in [3.05, 3.63) is 66.3 Å². The number of hydrogen-bond acceptors (Lipinski definition) is 15. The van der Waals surface area contributed by atoms with Gasteiger partial charge >= 0.3 is 5.97 Å². The van der Waals surface area contributed by atoms with Gasteiger partial charge in [-0.3, -0.25) is 38.6 Å². The van der Waals surface area contributed by atoms with E-state index in [0.717, 1.165) is 4.90 Å². The zero-order valence-electron chi connectivity index (χ0n) is 39.4. The molecule has 27 heteroatoms. The molecule has 1 saturated heterocycles. The van der Waals surface area contributed by atoms with Gasteiger partial charge in [-0.1, -0.05) is 32.4 Å². The standard InChI is InChI=1S/C44H65N15O12/c1-3-23(2)35(41(68)57-33(20-61)42(69)59-13-5-7-34(59)43(70)71)58-40(67)32(16-26-18-49-22-52-26)56-37(64)29(6-4-12-50-44(46)47)53-38(65)30(14-24-8-10-27(62)11-9-24)55-39(66)31(15-25-17-48-21-51-25)54-36(63)28(45)19-60/h8-11,17-18,21-23,28-35,60-62H,3-7,12-16,19-20,45H2,1-2H3,(H,48,51)(H,49,52)(H,53,65)(H,54,63)(H,55,66)(H,56,64)(H,57,68)(H,58,67)(H,70,71)(H4,46,47,50)/t23-,28-,29-,30-,31-,32-,33-,34-,35-/m0/s1. The highest BCUT2D eigenvalue weighted by molar-refractivity contribution is 5.98. The molecule has 1 fully saturated rings. The lowest BCUT2D eigenvalue weighted by molar-refractivity contribution is -0.150. The van der Waals surface area contributed by atoms with E-state index in [9.17, 15) is 58.8 Å². The fourth-order valence-electron chi connectivity index (χ4n) is 7.57. The van der Waals surface area contributed by atoms with Crippen LogP contribution < -0.4 is 49.1 Å². The third-order valence-electron chi connectivity index (χ3n) is 11.8. The Balaban J connectivity index is 1.63. The molecule has 4 rings (SSSR count). The van der Waals surface area contributed by atoms with Crippen LogP contribution in [0, 0.1) is 5.92 Å². The second kappa shape index (κ2) is 27.5. The number of phenols is 1. The number of phenolic OH excluding ortho intramolecular Hbond substituents is 1. The number of aromatic amines is 2. The zero-order valence-corrected chi connectivity index (χ0v) is 39.4. The summed E-state index contributed by atoms with van der Waals surface area (Å²) in [6.45, 7) is 1.90. The van der Waals surface area contributed by atoms with Gasteiger partial charge in [0.05, 0.1) is 25.9 Å². The van der Waals surface area contributed by atoms with Crippen molar-refractivity contribution in [1.29, 1.82) is 0 Å². The number of carbonyl (C=O) groups excluding carboxylic acids is 7. The molecular weight excluding hydrogens is 931 g/mol. The molecule has 3 aromatic rings.